The minimum atomic E-state index is -0.497. The van der Waals surface area contributed by atoms with Gasteiger partial charge in [-0.3, -0.25) is 0 Å². The third-order valence-corrected chi connectivity index (χ3v) is 3.33. The molecule has 88 valence electrons. The zero-order chi connectivity index (χ0) is 12.2. The highest BCUT2D eigenvalue weighted by molar-refractivity contribution is 6.35. The van der Waals surface area contributed by atoms with Gasteiger partial charge in [0.2, 0.25) is 0 Å². The average molecular weight is 271 g/mol. The van der Waals surface area contributed by atoms with Gasteiger partial charge in [0.25, 0.3) is 0 Å². The molecule has 0 saturated heterocycles. The van der Waals surface area contributed by atoms with Crippen LogP contribution in [-0.4, -0.2) is 16.8 Å². The van der Waals surface area contributed by atoms with Gasteiger partial charge in [-0.15, -0.1) is 0 Å². The first-order valence-electron chi connectivity index (χ1n) is 5.10. The Kier molecular flexibility index (Phi) is 2.31. The molecule has 6 heteroatoms. The molecule has 0 bridgehead atoms. The molecule has 2 heterocycles. The molecule has 2 aliphatic rings. The van der Waals surface area contributed by atoms with Crippen LogP contribution in [0.2, 0.25) is 10.0 Å². The number of carbonyl (C=O) groups is 1. The van der Waals surface area contributed by atoms with Crippen molar-refractivity contribution in [2.75, 3.05) is 0 Å². The lowest BCUT2D eigenvalue weighted by Crippen LogP contribution is -2.34. The second-order valence-electron chi connectivity index (χ2n) is 4.07. The number of amides is 1. The van der Waals surface area contributed by atoms with Crippen molar-refractivity contribution in [3.63, 3.8) is 0 Å². The summed E-state index contributed by atoms with van der Waals surface area (Å²) in [6.45, 7) is 1.87. The van der Waals surface area contributed by atoms with Crippen molar-refractivity contribution >= 4 is 35.0 Å². The predicted molar refractivity (Wildman–Crippen MR) is 64.8 cm³/mol. The summed E-state index contributed by atoms with van der Waals surface area (Å²) >= 11 is 12.0. The molecule has 0 spiro atoms. The van der Waals surface area contributed by atoms with Crippen molar-refractivity contribution in [1.29, 1.82) is 0 Å². The average Bonchev–Trinajstić information content (AvgIpc) is 2.63. The number of carbonyl (C=O) groups excluding carboxylic acids is 1. The second kappa shape index (κ2) is 3.62. The zero-order valence-corrected chi connectivity index (χ0v) is 10.4. The number of benzene rings is 1. The van der Waals surface area contributed by atoms with E-state index in [1.165, 1.54) is 5.01 Å². The number of hydrazone groups is 1. The Morgan fingerprint density at radius 2 is 2.24 bits per heavy atom. The number of rotatable bonds is 0. The molecule has 1 aromatic carbocycles. The lowest BCUT2D eigenvalue weighted by atomic mass is 10.0. The molecule has 1 amide bonds. The molecule has 1 aromatic rings. The first kappa shape index (κ1) is 10.9. The van der Waals surface area contributed by atoms with Gasteiger partial charge in [0.1, 0.15) is 0 Å². The fraction of sp³-hybridized carbons (Fsp3) is 0.273. The monoisotopic (exact) mass is 270 g/mol. The Hall–Kier alpha value is -1.26. The molecule has 0 fully saturated rings. The first-order chi connectivity index (χ1) is 8.06. The van der Waals surface area contributed by atoms with Crippen molar-refractivity contribution in [3.05, 3.63) is 27.7 Å². The number of halogens is 2. The number of hydrogen-bond acceptors (Lipinski definition) is 3. The van der Waals surface area contributed by atoms with Crippen LogP contribution < -0.4 is 4.74 Å². The normalized spacial score (nSPS) is 21.8. The maximum atomic E-state index is 11.7. The highest BCUT2D eigenvalue weighted by Gasteiger charge is 2.39. The van der Waals surface area contributed by atoms with Crippen molar-refractivity contribution in [2.45, 2.75) is 19.4 Å². The fourth-order valence-corrected chi connectivity index (χ4v) is 2.69. The van der Waals surface area contributed by atoms with Crippen LogP contribution >= 0.6 is 23.2 Å². The van der Waals surface area contributed by atoms with E-state index in [4.69, 9.17) is 27.9 Å². The van der Waals surface area contributed by atoms with Crippen LogP contribution in [-0.2, 0) is 0 Å². The highest BCUT2D eigenvalue weighted by Crippen LogP contribution is 2.45. The molecule has 1 atom stereocenters. The molecule has 2 aliphatic heterocycles. The van der Waals surface area contributed by atoms with Crippen LogP contribution in [0, 0.1) is 0 Å². The standard InChI is InChI=1S/C11H8Cl2N2O2/c1-5-2-9-7-3-6(12)4-8(13)10(7)17-11(16)15(9)14-5/h3-4,9H,2H2,1H3. The smallest absolute Gasteiger partial charge is 0.407 e. The van der Waals surface area contributed by atoms with Gasteiger partial charge < -0.3 is 4.74 Å². The van der Waals surface area contributed by atoms with Gasteiger partial charge in [-0.05, 0) is 19.1 Å². The molecular formula is C11H8Cl2N2O2. The summed E-state index contributed by atoms with van der Waals surface area (Å²) in [6, 6.07) is 3.18. The van der Waals surface area contributed by atoms with Crippen molar-refractivity contribution in [2.24, 2.45) is 5.10 Å². The van der Waals surface area contributed by atoms with Crippen LogP contribution in [0.4, 0.5) is 4.79 Å². The Labute approximate surface area is 108 Å². The summed E-state index contributed by atoms with van der Waals surface area (Å²) in [6.07, 6.45) is 0.183. The lowest BCUT2D eigenvalue weighted by molar-refractivity contribution is 0.127. The highest BCUT2D eigenvalue weighted by atomic mass is 35.5. The summed E-state index contributed by atoms with van der Waals surface area (Å²) in [4.78, 5) is 11.7. The Balaban J connectivity index is 2.17. The summed E-state index contributed by atoms with van der Waals surface area (Å²) in [5.41, 5.74) is 1.69. The zero-order valence-electron chi connectivity index (χ0n) is 8.91. The maximum absolute atomic E-state index is 11.7. The van der Waals surface area contributed by atoms with Gasteiger partial charge in [0, 0.05) is 22.7 Å². The van der Waals surface area contributed by atoms with Crippen molar-refractivity contribution < 1.29 is 9.53 Å². The molecule has 0 radical (unpaired) electrons. The van der Waals surface area contributed by atoms with Gasteiger partial charge in [-0.25, -0.2) is 4.79 Å². The molecule has 4 nitrogen and oxygen atoms in total. The van der Waals surface area contributed by atoms with E-state index in [0.29, 0.717) is 22.2 Å². The number of fused-ring (bicyclic) bond motifs is 3. The summed E-state index contributed by atoms with van der Waals surface area (Å²) in [7, 11) is 0. The number of ether oxygens (including phenoxy) is 1. The van der Waals surface area contributed by atoms with Crippen molar-refractivity contribution in [1.82, 2.24) is 5.01 Å². The summed E-state index contributed by atoms with van der Waals surface area (Å²) in [5.74, 6) is 0.396. The van der Waals surface area contributed by atoms with Crippen LogP contribution in [0.1, 0.15) is 24.9 Å². The Morgan fingerprint density at radius 1 is 1.47 bits per heavy atom. The molecule has 1 unspecified atom stereocenters. The van der Waals surface area contributed by atoms with Gasteiger partial charge in [0.05, 0.1) is 11.1 Å². The van der Waals surface area contributed by atoms with Crippen LogP contribution in [0.3, 0.4) is 0 Å². The molecule has 17 heavy (non-hydrogen) atoms. The molecular weight excluding hydrogens is 263 g/mol. The summed E-state index contributed by atoms with van der Waals surface area (Å²) < 4.78 is 5.17. The first-order valence-corrected chi connectivity index (χ1v) is 5.86. The van der Waals surface area contributed by atoms with E-state index in [1.807, 2.05) is 6.92 Å². The van der Waals surface area contributed by atoms with E-state index in [1.54, 1.807) is 12.1 Å². The van der Waals surface area contributed by atoms with E-state index in [9.17, 15) is 4.79 Å². The van der Waals surface area contributed by atoms with E-state index >= 15 is 0 Å². The number of hydrogen-bond donors (Lipinski definition) is 0. The predicted octanol–water partition coefficient (Wildman–Crippen LogP) is 3.63. The fourth-order valence-electron chi connectivity index (χ4n) is 2.14. The topological polar surface area (TPSA) is 41.9 Å². The third kappa shape index (κ3) is 1.59. The van der Waals surface area contributed by atoms with E-state index in [-0.39, 0.29) is 6.04 Å². The van der Waals surface area contributed by atoms with Crippen molar-refractivity contribution in [3.8, 4) is 5.75 Å². The van der Waals surface area contributed by atoms with Crippen LogP contribution in [0.25, 0.3) is 0 Å². The summed E-state index contributed by atoms with van der Waals surface area (Å²) in [5, 5.41) is 6.35. The van der Waals surface area contributed by atoms with E-state index in [0.717, 1.165) is 11.3 Å². The maximum Gasteiger partial charge on any atom is 0.436 e. The Morgan fingerprint density at radius 3 is 3.00 bits per heavy atom. The van der Waals surface area contributed by atoms with Crippen LogP contribution in [0.15, 0.2) is 17.2 Å². The molecule has 0 aromatic heterocycles. The SMILES string of the molecule is CC1=NN2C(=O)Oc3c(Cl)cc(Cl)cc3C2C1. The van der Waals surface area contributed by atoms with Gasteiger partial charge >= 0.3 is 6.09 Å². The quantitative estimate of drug-likeness (QED) is 0.723. The van der Waals surface area contributed by atoms with E-state index in [2.05, 4.69) is 5.10 Å². The van der Waals surface area contributed by atoms with Crippen LogP contribution in [0.5, 0.6) is 5.75 Å². The molecule has 0 aliphatic carbocycles. The molecule has 3 rings (SSSR count). The largest absolute Gasteiger partial charge is 0.436 e. The number of nitrogens with zero attached hydrogens (tertiary/aromatic N) is 2. The molecule has 0 saturated carbocycles. The van der Waals surface area contributed by atoms with Gasteiger partial charge in [-0.2, -0.15) is 10.1 Å². The third-order valence-electron chi connectivity index (χ3n) is 2.83. The van der Waals surface area contributed by atoms with Gasteiger partial charge in [0.15, 0.2) is 5.75 Å². The minimum Gasteiger partial charge on any atom is -0.407 e. The van der Waals surface area contributed by atoms with E-state index < -0.39 is 6.09 Å². The Bertz CT molecular complexity index is 557. The minimum absolute atomic E-state index is 0.151. The lowest BCUT2D eigenvalue weighted by Gasteiger charge is -2.28. The molecule has 0 N–H and O–H groups in total. The van der Waals surface area contributed by atoms with Gasteiger partial charge in [-0.1, -0.05) is 23.2 Å². The second-order valence-corrected chi connectivity index (χ2v) is 4.92.